The van der Waals surface area contributed by atoms with Crippen LogP contribution in [0.15, 0.2) is 18.3 Å². The monoisotopic (exact) mass is 289 g/mol. The van der Waals surface area contributed by atoms with Crippen LogP contribution in [0.5, 0.6) is 0 Å². The first kappa shape index (κ1) is 14.3. The zero-order valence-corrected chi connectivity index (χ0v) is 12.3. The van der Waals surface area contributed by atoms with Gasteiger partial charge in [-0.1, -0.05) is 12.8 Å². The van der Waals surface area contributed by atoms with Crippen LogP contribution in [-0.2, 0) is 4.79 Å². The van der Waals surface area contributed by atoms with Gasteiger partial charge in [-0.2, -0.15) is 5.10 Å². The van der Waals surface area contributed by atoms with E-state index in [0.717, 1.165) is 50.9 Å². The molecule has 0 radical (unpaired) electrons. The number of hydrogen-bond acceptors (Lipinski definition) is 5. The van der Waals surface area contributed by atoms with Gasteiger partial charge >= 0.3 is 0 Å². The van der Waals surface area contributed by atoms with Crippen molar-refractivity contribution < 1.29 is 4.79 Å². The normalized spacial score (nSPS) is 24.2. The Morgan fingerprint density at radius 2 is 2.24 bits per heavy atom. The second-order valence-electron chi connectivity index (χ2n) is 6.14. The number of nitrogens with zero attached hydrogens (tertiary/aromatic N) is 3. The number of nitrogens with two attached hydrogens (primary N) is 1. The van der Waals surface area contributed by atoms with Crippen LogP contribution in [0, 0.1) is 0 Å². The standard InChI is InChI=1S/C15H23N5O/c16-15(7-1-2-8-15)14(21)17-11-12-5-4-10-20(12)13-6-3-9-18-19-13/h3,6,9,12H,1-2,4-5,7-8,10-11,16H2,(H,17,21). The molecule has 6 nitrogen and oxygen atoms in total. The maximum atomic E-state index is 12.3. The van der Waals surface area contributed by atoms with Gasteiger partial charge in [-0.25, -0.2) is 0 Å². The van der Waals surface area contributed by atoms with Crippen LogP contribution >= 0.6 is 0 Å². The molecule has 2 heterocycles. The fraction of sp³-hybridized carbons (Fsp3) is 0.667. The summed E-state index contributed by atoms with van der Waals surface area (Å²) in [4.78, 5) is 14.5. The fourth-order valence-electron chi connectivity index (χ4n) is 3.42. The van der Waals surface area contributed by atoms with Gasteiger partial charge in [0.2, 0.25) is 5.91 Å². The number of aromatic nitrogens is 2. The van der Waals surface area contributed by atoms with E-state index in [0.29, 0.717) is 6.54 Å². The number of hydrogen-bond donors (Lipinski definition) is 2. The minimum atomic E-state index is -0.643. The van der Waals surface area contributed by atoms with Crippen molar-refractivity contribution in [2.24, 2.45) is 5.73 Å². The topological polar surface area (TPSA) is 84.1 Å². The second-order valence-corrected chi connectivity index (χ2v) is 6.14. The second kappa shape index (κ2) is 5.97. The third-order valence-electron chi connectivity index (χ3n) is 4.68. The van der Waals surface area contributed by atoms with E-state index in [1.54, 1.807) is 6.20 Å². The lowest BCUT2D eigenvalue weighted by molar-refractivity contribution is -0.126. The molecule has 1 aliphatic carbocycles. The van der Waals surface area contributed by atoms with Gasteiger partial charge in [0.05, 0.1) is 5.54 Å². The number of anilines is 1. The van der Waals surface area contributed by atoms with Gasteiger partial charge in [0.15, 0.2) is 5.82 Å². The summed E-state index contributed by atoms with van der Waals surface area (Å²) in [6, 6.07) is 4.15. The van der Waals surface area contributed by atoms with Crippen LogP contribution < -0.4 is 16.0 Å². The third-order valence-corrected chi connectivity index (χ3v) is 4.68. The number of nitrogens with one attached hydrogen (secondary N) is 1. The summed E-state index contributed by atoms with van der Waals surface area (Å²) in [6.45, 7) is 1.60. The summed E-state index contributed by atoms with van der Waals surface area (Å²) >= 11 is 0. The molecule has 1 aromatic rings. The molecule has 1 unspecified atom stereocenters. The molecule has 1 amide bonds. The zero-order valence-electron chi connectivity index (χ0n) is 12.3. The van der Waals surface area contributed by atoms with Gasteiger partial charge in [0.25, 0.3) is 0 Å². The highest BCUT2D eigenvalue weighted by Crippen LogP contribution is 2.27. The minimum Gasteiger partial charge on any atom is -0.352 e. The summed E-state index contributed by atoms with van der Waals surface area (Å²) in [7, 11) is 0. The van der Waals surface area contributed by atoms with Crippen LogP contribution in [0.2, 0.25) is 0 Å². The molecule has 0 bridgehead atoms. The first-order valence-corrected chi connectivity index (χ1v) is 7.81. The summed E-state index contributed by atoms with van der Waals surface area (Å²) in [5.41, 5.74) is 5.54. The molecule has 1 saturated carbocycles. The Bertz CT molecular complexity index is 486. The van der Waals surface area contributed by atoms with Crippen LogP contribution in [0.25, 0.3) is 0 Å². The maximum absolute atomic E-state index is 12.3. The van der Waals surface area contributed by atoms with E-state index in [1.807, 2.05) is 12.1 Å². The minimum absolute atomic E-state index is 0.00555. The van der Waals surface area contributed by atoms with Crippen molar-refractivity contribution >= 4 is 11.7 Å². The Balaban J connectivity index is 1.58. The van der Waals surface area contributed by atoms with Crippen molar-refractivity contribution in [3.05, 3.63) is 18.3 Å². The molecule has 1 aromatic heterocycles. The molecule has 2 aliphatic rings. The van der Waals surface area contributed by atoms with Crippen molar-refractivity contribution in [1.29, 1.82) is 0 Å². The Labute approximate surface area is 125 Å². The first-order valence-electron chi connectivity index (χ1n) is 7.81. The molecule has 0 aromatic carbocycles. The molecule has 6 heteroatoms. The molecule has 1 atom stereocenters. The molecular formula is C15H23N5O. The highest BCUT2D eigenvalue weighted by Gasteiger charge is 2.37. The lowest BCUT2D eigenvalue weighted by Gasteiger charge is -2.28. The van der Waals surface area contributed by atoms with E-state index in [2.05, 4.69) is 20.4 Å². The molecule has 114 valence electrons. The van der Waals surface area contributed by atoms with E-state index >= 15 is 0 Å². The largest absolute Gasteiger partial charge is 0.352 e. The summed E-state index contributed by atoms with van der Waals surface area (Å²) in [6.07, 6.45) is 7.57. The van der Waals surface area contributed by atoms with Gasteiger partial charge < -0.3 is 16.0 Å². The quantitative estimate of drug-likeness (QED) is 0.858. The Morgan fingerprint density at radius 3 is 2.95 bits per heavy atom. The fourth-order valence-corrected chi connectivity index (χ4v) is 3.42. The first-order chi connectivity index (χ1) is 10.2. The smallest absolute Gasteiger partial charge is 0.240 e. The summed E-state index contributed by atoms with van der Waals surface area (Å²) in [5, 5.41) is 11.2. The van der Waals surface area contributed by atoms with Crippen molar-refractivity contribution in [1.82, 2.24) is 15.5 Å². The predicted molar refractivity (Wildman–Crippen MR) is 80.8 cm³/mol. The average Bonchev–Trinajstić information content (AvgIpc) is 3.15. The van der Waals surface area contributed by atoms with Gasteiger partial charge in [-0.3, -0.25) is 4.79 Å². The third kappa shape index (κ3) is 3.00. The number of amides is 1. The van der Waals surface area contributed by atoms with Crippen LogP contribution in [0.3, 0.4) is 0 Å². The van der Waals surface area contributed by atoms with Gasteiger partial charge in [-0.05, 0) is 37.8 Å². The van der Waals surface area contributed by atoms with Crippen molar-refractivity contribution in [3.63, 3.8) is 0 Å². The van der Waals surface area contributed by atoms with Gasteiger partial charge in [0, 0.05) is 25.3 Å². The van der Waals surface area contributed by atoms with Gasteiger partial charge in [0.1, 0.15) is 0 Å². The average molecular weight is 289 g/mol. The van der Waals surface area contributed by atoms with E-state index < -0.39 is 5.54 Å². The van der Waals surface area contributed by atoms with Crippen LogP contribution in [0.1, 0.15) is 38.5 Å². The van der Waals surface area contributed by atoms with Crippen LogP contribution in [0.4, 0.5) is 5.82 Å². The Morgan fingerprint density at radius 1 is 1.43 bits per heavy atom. The summed E-state index contributed by atoms with van der Waals surface area (Å²) < 4.78 is 0. The predicted octanol–water partition coefficient (Wildman–Crippen LogP) is 0.833. The lowest BCUT2D eigenvalue weighted by atomic mass is 9.98. The van der Waals surface area contributed by atoms with E-state index in [-0.39, 0.29) is 11.9 Å². The Hall–Kier alpha value is -1.69. The van der Waals surface area contributed by atoms with Crippen molar-refractivity contribution in [2.45, 2.75) is 50.1 Å². The highest BCUT2D eigenvalue weighted by molar-refractivity contribution is 5.86. The molecule has 3 N–H and O–H groups in total. The lowest BCUT2D eigenvalue weighted by Crippen LogP contribution is -2.54. The van der Waals surface area contributed by atoms with Crippen molar-refractivity contribution in [3.8, 4) is 0 Å². The molecule has 0 spiro atoms. The van der Waals surface area contributed by atoms with E-state index in [1.165, 1.54) is 0 Å². The molecule has 21 heavy (non-hydrogen) atoms. The van der Waals surface area contributed by atoms with Crippen LogP contribution in [-0.4, -0.2) is 40.8 Å². The molecule has 1 aliphatic heterocycles. The highest BCUT2D eigenvalue weighted by atomic mass is 16.2. The van der Waals surface area contributed by atoms with E-state index in [9.17, 15) is 4.79 Å². The summed E-state index contributed by atoms with van der Waals surface area (Å²) in [5.74, 6) is 0.892. The zero-order chi connectivity index (χ0) is 14.7. The maximum Gasteiger partial charge on any atom is 0.240 e. The molecule has 2 fully saturated rings. The molecule has 1 saturated heterocycles. The van der Waals surface area contributed by atoms with Crippen molar-refractivity contribution in [2.75, 3.05) is 18.0 Å². The number of rotatable bonds is 4. The SMILES string of the molecule is NC1(C(=O)NCC2CCCN2c2cccnn2)CCCC1. The molecular weight excluding hydrogens is 266 g/mol. The molecule has 3 rings (SSSR count). The number of carbonyl (C=O) groups is 1. The van der Waals surface area contributed by atoms with Gasteiger partial charge in [-0.15, -0.1) is 5.10 Å². The Kier molecular flexibility index (Phi) is 4.05. The number of carbonyl (C=O) groups excluding carboxylic acids is 1. The van der Waals surface area contributed by atoms with E-state index in [4.69, 9.17) is 5.73 Å².